The van der Waals surface area contributed by atoms with Crippen molar-refractivity contribution in [2.24, 2.45) is 0 Å². The molecule has 0 aromatic heterocycles. The van der Waals surface area contributed by atoms with Crippen LogP contribution in [0.5, 0.6) is 5.75 Å². The Morgan fingerprint density at radius 1 is 1.37 bits per heavy atom. The molecule has 6 heteroatoms. The number of hydrogen-bond acceptors (Lipinski definition) is 5. The SMILES string of the molecule is CCS(=O)(=O)CCCC(=O)c1cc(OC)ccc1N. The number of methoxy groups -OCH3 is 1. The second-order valence-corrected chi connectivity index (χ2v) is 6.69. The molecule has 5 nitrogen and oxygen atoms in total. The highest BCUT2D eigenvalue weighted by Crippen LogP contribution is 2.21. The van der Waals surface area contributed by atoms with Gasteiger partial charge in [-0.3, -0.25) is 4.79 Å². The zero-order chi connectivity index (χ0) is 14.5. The van der Waals surface area contributed by atoms with Crippen LogP contribution < -0.4 is 10.5 Å². The molecule has 0 aliphatic carbocycles. The van der Waals surface area contributed by atoms with Crippen molar-refractivity contribution in [3.8, 4) is 5.75 Å². The van der Waals surface area contributed by atoms with E-state index in [1.54, 1.807) is 25.1 Å². The Hall–Kier alpha value is -1.56. The van der Waals surface area contributed by atoms with Gasteiger partial charge in [0.15, 0.2) is 5.78 Å². The van der Waals surface area contributed by atoms with E-state index in [0.29, 0.717) is 23.4 Å². The predicted molar refractivity (Wildman–Crippen MR) is 75.3 cm³/mol. The molecule has 0 spiro atoms. The van der Waals surface area contributed by atoms with Gasteiger partial charge in [-0.05, 0) is 24.6 Å². The Morgan fingerprint density at radius 2 is 2.05 bits per heavy atom. The van der Waals surface area contributed by atoms with Gasteiger partial charge in [0.25, 0.3) is 0 Å². The minimum absolute atomic E-state index is 0.0269. The monoisotopic (exact) mass is 285 g/mol. The zero-order valence-electron chi connectivity index (χ0n) is 11.2. The van der Waals surface area contributed by atoms with Gasteiger partial charge in [0.1, 0.15) is 15.6 Å². The highest BCUT2D eigenvalue weighted by atomic mass is 32.2. The van der Waals surface area contributed by atoms with Crippen molar-refractivity contribution in [2.75, 3.05) is 24.3 Å². The molecular weight excluding hydrogens is 266 g/mol. The fourth-order valence-electron chi connectivity index (χ4n) is 1.64. The molecule has 2 N–H and O–H groups in total. The van der Waals surface area contributed by atoms with E-state index < -0.39 is 9.84 Å². The maximum Gasteiger partial charge on any atom is 0.165 e. The lowest BCUT2D eigenvalue weighted by atomic mass is 10.0. The number of hydrogen-bond donors (Lipinski definition) is 1. The van der Waals surface area contributed by atoms with Crippen molar-refractivity contribution in [2.45, 2.75) is 19.8 Å². The molecule has 0 aliphatic rings. The van der Waals surface area contributed by atoms with Crippen molar-refractivity contribution in [3.05, 3.63) is 23.8 Å². The number of anilines is 1. The van der Waals surface area contributed by atoms with Gasteiger partial charge >= 0.3 is 0 Å². The largest absolute Gasteiger partial charge is 0.497 e. The molecule has 1 rings (SSSR count). The minimum atomic E-state index is -3.03. The maximum atomic E-state index is 12.0. The van der Waals surface area contributed by atoms with Crippen LogP contribution >= 0.6 is 0 Å². The number of Topliss-reactive ketones (excluding diaryl/α,β-unsaturated/α-hetero) is 1. The molecule has 0 aliphatic heterocycles. The molecule has 0 radical (unpaired) electrons. The van der Waals surface area contributed by atoms with Crippen LogP contribution in [0.4, 0.5) is 5.69 Å². The average molecular weight is 285 g/mol. The molecule has 1 aromatic carbocycles. The van der Waals surface area contributed by atoms with E-state index >= 15 is 0 Å². The van der Waals surface area contributed by atoms with Gasteiger partial charge in [-0.15, -0.1) is 0 Å². The van der Waals surface area contributed by atoms with Crippen molar-refractivity contribution in [3.63, 3.8) is 0 Å². The Kier molecular flexibility index (Phi) is 5.35. The lowest BCUT2D eigenvalue weighted by Crippen LogP contribution is -2.11. The number of nitrogens with two attached hydrogens (primary N) is 1. The summed E-state index contributed by atoms with van der Waals surface area (Å²) in [4.78, 5) is 12.0. The summed E-state index contributed by atoms with van der Waals surface area (Å²) in [5.74, 6) is 0.517. The first-order chi connectivity index (χ1) is 8.89. The lowest BCUT2D eigenvalue weighted by molar-refractivity contribution is 0.0982. The molecule has 0 amide bonds. The first kappa shape index (κ1) is 15.5. The second kappa shape index (κ2) is 6.56. The molecule has 0 unspecified atom stereocenters. The highest BCUT2D eigenvalue weighted by molar-refractivity contribution is 7.91. The molecule has 0 atom stereocenters. The van der Waals surface area contributed by atoms with Gasteiger partial charge < -0.3 is 10.5 Å². The fourth-order valence-corrected chi connectivity index (χ4v) is 2.51. The van der Waals surface area contributed by atoms with Gasteiger partial charge in [0.2, 0.25) is 0 Å². The van der Waals surface area contributed by atoms with Crippen molar-refractivity contribution < 1.29 is 17.9 Å². The van der Waals surface area contributed by atoms with Crippen LogP contribution in [0.2, 0.25) is 0 Å². The number of benzene rings is 1. The van der Waals surface area contributed by atoms with Crippen molar-refractivity contribution in [1.29, 1.82) is 0 Å². The summed E-state index contributed by atoms with van der Waals surface area (Å²) in [5.41, 5.74) is 6.50. The van der Waals surface area contributed by atoms with E-state index in [1.807, 2.05) is 0 Å². The number of nitrogen functional groups attached to an aromatic ring is 1. The van der Waals surface area contributed by atoms with Gasteiger partial charge in [-0.25, -0.2) is 8.42 Å². The van der Waals surface area contributed by atoms with E-state index in [4.69, 9.17) is 10.5 Å². The Bertz CT molecular complexity index is 552. The molecular formula is C13H19NO4S. The number of carbonyl (C=O) groups excluding carboxylic acids is 1. The van der Waals surface area contributed by atoms with Crippen LogP contribution in [-0.4, -0.2) is 32.8 Å². The predicted octanol–water partition coefficient (Wildman–Crippen LogP) is 1.68. The molecule has 0 heterocycles. The van der Waals surface area contributed by atoms with Gasteiger partial charge in [0, 0.05) is 23.4 Å². The summed E-state index contributed by atoms with van der Waals surface area (Å²) in [7, 11) is -1.52. The summed E-state index contributed by atoms with van der Waals surface area (Å²) in [6.45, 7) is 1.59. The van der Waals surface area contributed by atoms with Crippen LogP contribution in [0.15, 0.2) is 18.2 Å². The fraction of sp³-hybridized carbons (Fsp3) is 0.462. The van der Waals surface area contributed by atoms with Crippen LogP contribution in [0.25, 0.3) is 0 Å². The third-order valence-electron chi connectivity index (χ3n) is 2.86. The van der Waals surface area contributed by atoms with Gasteiger partial charge in [0.05, 0.1) is 12.9 Å². The number of ether oxygens (including phenoxy) is 1. The molecule has 0 fully saturated rings. The maximum absolute atomic E-state index is 12.0. The summed E-state index contributed by atoms with van der Waals surface area (Å²) in [6.07, 6.45) is 0.474. The highest BCUT2D eigenvalue weighted by Gasteiger charge is 2.13. The summed E-state index contributed by atoms with van der Waals surface area (Å²) >= 11 is 0. The van der Waals surface area contributed by atoms with E-state index in [2.05, 4.69) is 0 Å². The van der Waals surface area contributed by atoms with E-state index in [-0.39, 0.29) is 23.7 Å². The standard InChI is InChI=1S/C13H19NO4S/c1-3-19(16,17)8-4-5-13(15)11-9-10(18-2)6-7-12(11)14/h6-7,9H,3-5,8,14H2,1-2H3. The Balaban J connectivity index is 2.68. The number of ketones is 1. The summed E-state index contributed by atoms with van der Waals surface area (Å²) in [6, 6.07) is 4.86. The summed E-state index contributed by atoms with van der Waals surface area (Å²) < 4.78 is 27.7. The lowest BCUT2D eigenvalue weighted by Gasteiger charge is -2.07. The van der Waals surface area contributed by atoms with Gasteiger partial charge in [-0.1, -0.05) is 6.92 Å². The Morgan fingerprint density at radius 3 is 2.63 bits per heavy atom. The molecule has 19 heavy (non-hydrogen) atoms. The van der Waals surface area contributed by atoms with E-state index in [9.17, 15) is 13.2 Å². The normalized spacial score (nSPS) is 11.3. The van der Waals surface area contributed by atoms with Crippen LogP contribution in [0, 0.1) is 0 Å². The number of carbonyl (C=O) groups is 1. The smallest absolute Gasteiger partial charge is 0.165 e. The molecule has 0 saturated heterocycles. The van der Waals surface area contributed by atoms with Crippen LogP contribution in [-0.2, 0) is 9.84 Å². The number of rotatable bonds is 7. The summed E-state index contributed by atoms with van der Waals surface area (Å²) in [5, 5.41) is 0. The van der Waals surface area contributed by atoms with Crippen molar-refractivity contribution in [1.82, 2.24) is 0 Å². The van der Waals surface area contributed by atoms with Crippen molar-refractivity contribution >= 4 is 21.3 Å². The third kappa shape index (κ3) is 4.55. The molecule has 1 aromatic rings. The van der Waals surface area contributed by atoms with Gasteiger partial charge in [-0.2, -0.15) is 0 Å². The molecule has 0 saturated carbocycles. The van der Waals surface area contributed by atoms with Crippen LogP contribution in [0.1, 0.15) is 30.1 Å². The molecule has 0 bridgehead atoms. The minimum Gasteiger partial charge on any atom is -0.497 e. The van der Waals surface area contributed by atoms with E-state index in [1.165, 1.54) is 7.11 Å². The first-order valence-electron chi connectivity index (χ1n) is 6.06. The topological polar surface area (TPSA) is 86.5 Å². The van der Waals surface area contributed by atoms with Crippen LogP contribution in [0.3, 0.4) is 0 Å². The zero-order valence-corrected chi connectivity index (χ0v) is 12.0. The second-order valence-electron chi connectivity index (χ2n) is 4.22. The van der Waals surface area contributed by atoms with E-state index in [0.717, 1.165) is 0 Å². The third-order valence-corrected chi connectivity index (χ3v) is 4.65. The average Bonchev–Trinajstić information content (AvgIpc) is 2.39. The first-order valence-corrected chi connectivity index (χ1v) is 7.89. The Labute approximate surface area is 113 Å². The number of sulfone groups is 1. The quantitative estimate of drug-likeness (QED) is 0.608. The molecule has 106 valence electrons.